The highest BCUT2D eigenvalue weighted by atomic mass is 16.5. The van der Waals surface area contributed by atoms with E-state index in [9.17, 15) is 4.79 Å². The summed E-state index contributed by atoms with van der Waals surface area (Å²) in [7, 11) is 1.55. The molecule has 9 heteroatoms. The summed E-state index contributed by atoms with van der Waals surface area (Å²) in [6, 6.07) is 16.2. The van der Waals surface area contributed by atoms with Crippen LogP contribution in [0.3, 0.4) is 0 Å². The number of anilines is 1. The summed E-state index contributed by atoms with van der Waals surface area (Å²) in [5.41, 5.74) is 4.76. The molecule has 0 atom stereocenters. The molecule has 1 aliphatic rings. The van der Waals surface area contributed by atoms with E-state index < -0.39 is 0 Å². The number of ether oxygens (including phenoxy) is 1. The van der Waals surface area contributed by atoms with Crippen molar-refractivity contribution in [3.63, 3.8) is 0 Å². The van der Waals surface area contributed by atoms with Crippen LogP contribution in [0.4, 0.5) is 5.69 Å². The van der Waals surface area contributed by atoms with Crippen LogP contribution in [0.2, 0.25) is 0 Å². The fourth-order valence-electron chi connectivity index (χ4n) is 4.01. The van der Waals surface area contributed by atoms with Crippen LogP contribution in [-0.2, 0) is 11.3 Å². The maximum Gasteiger partial charge on any atom is 0.316 e. The molecule has 2 aromatic heterocycles. The van der Waals surface area contributed by atoms with E-state index >= 15 is 0 Å². The van der Waals surface area contributed by atoms with E-state index in [1.165, 1.54) is 0 Å². The number of aromatic nitrogens is 5. The lowest BCUT2D eigenvalue weighted by Crippen LogP contribution is -2.49. The standard InChI is InChI=1S/C23H23N7O2/c1-32-23-24-14-17(15-25-23)18-6-2-4-8-20(18)28-10-12-29(13-11-28)22(31)16-30-21-9-5-3-7-19(21)26-27-30/h2-9,14-15H,10-13,16H2,1H3. The Morgan fingerprint density at radius 3 is 2.47 bits per heavy atom. The molecule has 9 nitrogen and oxygen atoms in total. The van der Waals surface area contributed by atoms with Crippen LogP contribution in [0.1, 0.15) is 0 Å². The van der Waals surface area contributed by atoms with E-state index in [4.69, 9.17) is 4.74 Å². The van der Waals surface area contributed by atoms with Crippen molar-refractivity contribution in [1.29, 1.82) is 0 Å². The number of carbonyl (C=O) groups is 1. The number of rotatable bonds is 5. The zero-order chi connectivity index (χ0) is 21.9. The number of nitrogens with zero attached hydrogens (tertiary/aromatic N) is 7. The minimum atomic E-state index is 0.0529. The van der Waals surface area contributed by atoms with Crippen molar-refractivity contribution >= 4 is 22.6 Å². The predicted molar refractivity (Wildman–Crippen MR) is 120 cm³/mol. The largest absolute Gasteiger partial charge is 0.467 e. The fourth-order valence-corrected chi connectivity index (χ4v) is 4.01. The van der Waals surface area contributed by atoms with Gasteiger partial charge in [-0.15, -0.1) is 5.10 Å². The lowest BCUT2D eigenvalue weighted by Gasteiger charge is -2.37. The first-order valence-electron chi connectivity index (χ1n) is 10.5. The minimum Gasteiger partial charge on any atom is -0.467 e. The third kappa shape index (κ3) is 3.84. The quantitative estimate of drug-likeness (QED) is 0.481. The lowest BCUT2D eigenvalue weighted by molar-refractivity contribution is -0.132. The average molecular weight is 429 g/mol. The normalized spacial score (nSPS) is 14.0. The summed E-state index contributed by atoms with van der Waals surface area (Å²) in [6.45, 7) is 2.99. The van der Waals surface area contributed by atoms with Gasteiger partial charge in [-0.1, -0.05) is 35.5 Å². The van der Waals surface area contributed by atoms with Gasteiger partial charge in [0.15, 0.2) is 0 Å². The predicted octanol–water partition coefficient (Wildman–Crippen LogP) is 2.25. The van der Waals surface area contributed by atoms with Gasteiger partial charge < -0.3 is 14.5 Å². The number of fused-ring (bicyclic) bond motifs is 1. The van der Waals surface area contributed by atoms with E-state index in [0.29, 0.717) is 19.1 Å². The van der Waals surface area contributed by atoms with Crippen LogP contribution in [-0.4, -0.2) is 69.1 Å². The third-order valence-corrected chi connectivity index (χ3v) is 5.70. The van der Waals surface area contributed by atoms with Gasteiger partial charge >= 0.3 is 6.01 Å². The highest BCUT2D eigenvalue weighted by molar-refractivity contribution is 5.81. The Morgan fingerprint density at radius 2 is 1.69 bits per heavy atom. The van der Waals surface area contributed by atoms with Gasteiger partial charge in [0.1, 0.15) is 12.1 Å². The first-order valence-corrected chi connectivity index (χ1v) is 10.5. The maximum absolute atomic E-state index is 12.9. The second-order valence-electron chi connectivity index (χ2n) is 7.58. The molecule has 0 aliphatic carbocycles. The van der Waals surface area contributed by atoms with Gasteiger partial charge in [-0.25, -0.2) is 14.6 Å². The highest BCUT2D eigenvalue weighted by Crippen LogP contribution is 2.31. The monoisotopic (exact) mass is 429 g/mol. The van der Waals surface area contributed by atoms with E-state index in [-0.39, 0.29) is 12.5 Å². The molecule has 0 spiro atoms. The number of carbonyl (C=O) groups excluding carboxylic acids is 1. The average Bonchev–Trinajstić information content (AvgIpc) is 3.27. The Kier molecular flexibility index (Phi) is 5.37. The zero-order valence-corrected chi connectivity index (χ0v) is 17.8. The van der Waals surface area contributed by atoms with Crippen molar-refractivity contribution in [2.45, 2.75) is 6.54 Å². The molecule has 0 unspecified atom stereocenters. The number of methoxy groups -OCH3 is 1. The minimum absolute atomic E-state index is 0.0529. The number of piperazine rings is 1. The number of amides is 1. The van der Waals surface area contributed by atoms with E-state index in [2.05, 4.69) is 37.3 Å². The Bertz CT molecular complexity index is 1230. The molecule has 5 rings (SSSR count). The van der Waals surface area contributed by atoms with E-state index in [1.807, 2.05) is 41.3 Å². The molecule has 0 saturated carbocycles. The van der Waals surface area contributed by atoms with Crippen LogP contribution in [0.5, 0.6) is 6.01 Å². The van der Waals surface area contributed by atoms with Gasteiger partial charge in [-0.05, 0) is 18.2 Å². The number of para-hydroxylation sites is 2. The fraction of sp³-hybridized carbons (Fsp3) is 0.261. The van der Waals surface area contributed by atoms with Crippen LogP contribution >= 0.6 is 0 Å². The van der Waals surface area contributed by atoms with Crippen molar-refractivity contribution < 1.29 is 9.53 Å². The highest BCUT2D eigenvalue weighted by Gasteiger charge is 2.23. The molecule has 1 amide bonds. The second-order valence-corrected chi connectivity index (χ2v) is 7.58. The zero-order valence-electron chi connectivity index (χ0n) is 17.8. The molecule has 0 bridgehead atoms. The van der Waals surface area contributed by atoms with Crippen molar-refractivity contribution in [1.82, 2.24) is 29.9 Å². The summed E-state index contributed by atoms with van der Waals surface area (Å²) in [5.74, 6) is 0.0529. The van der Waals surface area contributed by atoms with E-state index in [1.54, 1.807) is 24.2 Å². The molecule has 1 fully saturated rings. The van der Waals surface area contributed by atoms with E-state index in [0.717, 1.165) is 40.9 Å². The Labute approximate surface area is 185 Å². The van der Waals surface area contributed by atoms with Gasteiger partial charge in [0.2, 0.25) is 5.91 Å². The molecule has 1 aliphatic heterocycles. The molecule has 32 heavy (non-hydrogen) atoms. The van der Waals surface area contributed by atoms with Crippen LogP contribution < -0.4 is 9.64 Å². The SMILES string of the molecule is COc1ncc(-c2ccccc2N2CCN(C(=O)Cn3nnc4ccccc43)CC2)cn1. The van der Waals surface area contributed by atoms with Crippen molar-refractivity contribution in [2.24, 2.45) is 0 Å². The first-order chi connectivity index (χ1) is 15.7. The molecule has 3 heterocycles. The van der Waals surface area contributed by atoms with Gasteiger partial charge in [0, 0.05) is 55.4 Å². The molecule has 4 aromatic rings. The molecule has 0 N–H and O–H groups in total. The van der Waals surface area contributed by atoms with Crippen LogP contribution in [0.25, 0.3) is 22.2 Å². The maximum atomic E-state index is 12.9. The summed E-state index contributed by atoms with van der Waals surface area (Å²) in [5, 5.41) is 8.27. The third-order valence-electron chi connectivity index (χ3n) is 5.70. The number of benzene rings is 2. The number of hydrogen-bond donors (Lipinski definition) is 0. The summed E-state index contributed by atoms with van der Waals surface area (Å²) in [4.78, 5) is 25.6. The van der Waals surface area contributed by atoms with Gasteiger partial charge in [-0.2, -0.15) is 0 Å². The van der Waals surface area contributed by atoms with Crippen molar-refractivity contribution in [3.8, 4) is 17.1 Å². The topological polar surface area (TPSA) is 89.3 Å². The van der Waals surface area contributed by atoms with Crippen LogP contribution in [0.15, 0.2) is 60.9 Å². The summed E-state index contributed by atoms with van der Waals surface area (Å²) < 4.78 is 6.74. The Balaban J connectivity index is 1.27. The smallest absolute Gasteiger partial charge is 0.316 e. The number of hydrogen-bond acceptors (Lipinski definition) is 7. The summed E-state index contributed by atoms with van der Waals surface area (Å²) in [6.07, 6.45) is 3.54. The molecule has 1 saturated heterocycles. The van der Waals surface area contributed by atoms with Gasteiger partial charge in [0.05, 0.1) is 12.6 Å². The van der Waals surface area contributed by atoms with Gasteiger partial charge in [-0.3, -0.25) is 4.79 Å². The lowest BCUT2D eigenvalue weighted by atomic mass is 10.1. The second kappa shape index (κ2) is 8.62. The molecule has 2 aromatic carbocycles. The van der Waals surface area contributed by atoms with Gasteiger partial charge in [0.25, 0.3) is 0 Å². The molecule has 162 valence electrons. The van der Waals surface area contributed by atoms with Crippen molar-refractivity contribution in [2.75, 3.05) is 38.2 Å². The van der Waals surface area contributed by atoms with Crippen LogP contribution in [0, 0.1) is 0 Å². The molecular formula is C23H23N7O2. The first kappa shape index (κ1) is 19.9. The Hall–Kier alpha value is -4.01. The summed E-state index contributed by atoms with van der Waals surface area (Å²) >= 11 is 0. The Morgan fingerprint density at radius 1 is 0.969 bits per heavy atom. The molecule has 0 radical (unpaired) electrons. The molecular weight excluding hydrogens is 406 g/mol. The van der Waals surface area contributed by atoms with Crippen molar-refractivity contribution in [3.05, 3.63) is 60.9 Å².